The fraction of sp³-hybridized carbons (Fsp3) is 0.111. The third kappa shape index (κ3) is 2.64. The Bertz CT molecular complexity index is 1170. The van der Waals surface area contributed by atoms with E-state index < -0.39 is 0 Å². The maximum atomic E-state index is 12.7. The molecule has 0 radical (unpaired) electrons. The van der Waals surface area contributed by atoms with E-state index in [1.165, 1.54) is 16.3 Å². The molecule has 0 fully saturated rings. The van der Waals surface area contributed by atoms with Crippen molar-refractivity contribution in [3.8, 4) is 0 Å². The Hall–Kier alpha value is -3.13. The van der Waals surface area contributed by atoms with Crippen molar-refractivity contribution in [3.63, 3.8) is 0 Å². The van der Waals surface area contributed by atoms with Gasteiger partial charge in [-0.05, 0) is 24.3 Å². The Balaban J connectivity index is 1.82. The number of aromatic nitrogens is 5. The number of thioether (sulfide) groups is 1. The van der Waals surface area contributed by atoms with Gasteiger partial charge in [-0.3, -0.25) is 18.6 Å². The second-order valence-electron chi connectivity index (χ2n) is 5.64. The molecular weight excluding hydrogens is 350 g/mol. The van der Waals surface area contributed by atoms with Crippen LogP contribution >= 0.6 is 11.8 Å². The van der Waals surface area contributed by atoms with Gasteiger partial charge in [-0.15, -0.1) is 16.8 Å². The van der Waals surface area contributed by atoms with Crippen LogP contribution in [-0.4, -0.2) is 35.7 Å². The van der Waals surface area contributed by atoms with Crippen molar-refractivity contribution in [1.29, 1.82) is 0 Å². The Labute approximate surface area is 152 Å². The van der Waals surface area contributed by atoms with Gasteiger partial charge in [0.2, 0.25) is 5.78 Å². The summed E-state index contributed by atoms with van der Waals surface area (Å²) in [5, 5.41) is 9.51. The molecule has 0 aliphatic heterocycles. The van der Waals surface area contributed by atoms with Crippen LogP contribution in [0.3, 0.4) is 0 Å². The number of rotatable bonds is 6. The lowest BCUT2D eigenvalue weighted by Gasteiger charge is -2.09. The van der Waals surface area contributed by atoms with Gasteiger partial charge in [0, 0.05) is 12.7 Å². The van der Waals surface area contributed by atoms with E-state index in [1.54, 1.807) is 30.5 Å². The molecular formula is C18H15N5O2S. The van der Waals surface area contributed by atoms with Crippen molar-refractivity contribution >= 4 is 34.2 Å². The van der Waals surface area contributed by atoms with Crippen LogP contribution in [0.1, 0.15) is 10.5 Å². The first-order chi connectivity index (χ1) is 12.7. The quantitative estimate of drug-likeness (QED) is 0.322. The van der Waals surface area contributed by atoms with Gasteiger partial charge in [-0.25, -0.2) is 0 Å². The van der Waals surface area contributed by atoms with Crippen molar-refractivity contribution in [2.24, 2.45) is 0 Å². The summed E-state index contributed by atoms with van der Waals surface area (Å²) in [5.74, 6) is 0.625. The molecule has 0 saturated heterocycles. The average molecular weight is 365 g/mol. The lowest BCUT2D eigenvalue weighted by molar-refractivity contribution is 0.101. The summed E-state index contributed by atoms with van der Waals surface area (Å²) in [4.78, 5) is 27.9. The summed E-state index contributed by atoms with van der Waals surface area (Å²) < 4.78 is 3.34. The van der Waals surface area contributed by atoms with Gasteiger partial charge in [0.05, 0.1) is 22.3 Å². The highest BCUT2D eigenvalue weighted by atomic mass is 32.2. The van der Waals surface area contributed by atoms with E-state index in [1.807, 2.05) is 22.6 Å². The van der Waals surface area contributed by atoms with Gasteiger partial charge >= 0.3 is 0 Å². The molecule has 0 saturated carbocycles. The summed E-state index contributed by atoms with van der Waals surface area (Å²) in [6, 6.07) is 10.8. The van der Waals surface area contributed by atoms with E-state index in [2.05, 4.69) is 21.8 Å². The fourth-order valence-corrected chi connectivity index (χ4v) is 3.66. The standard InChI is InChI=1S/C18H15N5O2S/c1-2-10-22-16(25)12-6-3-4-8-14(12)23-17(22)20-21-18(23)26-11-15(24)13-7-5-9-19-13/h2-9,19H,1,10-11H2. The molecule has 0 unspecified atom stereocenters. The number of ketones is 1. The molecule has 0 aliphatic rings. The van der Waals surface area contributed by atoms with Crippen LogP contribution in [0.2, 0.25) is 0 Å². The molecule has 8 heteroatoms. The molecule has 0 bridgehead atoms. The summed E-state index contributed by atoms with van der Waals surface area (Å²) in [5.41, 5.74) is 1.13. The number of para-hydroxylation sites is 1. The molecule has 0 amide bonds. The predicted molar refractivity (Wildman–Crippen MR) is 101 cm³/mol. The van der Waals surface area contributed by atoms with E-state index >= 15 is 0 Å². The number of hydrogen-bond acceptors (Lipinski definition) is 5. The number of allylic oxidation sites excluding steroid dienone is 1. The zero-order valence-corrected chi connectivity index (χ0v) is 14.6. The number of fused-ring (bicyclic) bond motifs is 3. The predicted octanol–water partition coefficient (Wildman–Crippen LogP) is 2.53. The monoisotopic (exact) mass is 365 g/mol. The molecule has 1 aromatic carbocycles. The van der Waals surface area contributed by atoms with Crippen molar-refractivity contribution in [3.05, 3.63) is 71.3 Å². The number of carbonyl (C=O) groups excluding carboxylic acids is 1. The zero-order chi connectivity index (χ0) is 18.1. The number of nitrogens with one attached hydrogen (secondary N) is 1. The number of carbonyl (C=O) groups is 1. The van der Waals surface area contributed by atoms with Crippen LogP contribution in [0, 0.1) is 0 Å². The highest BCUT2D eigenvalue weighted by molar-refractivity contribution is 7.99. The fourth-order valence-electron chi connectivity index (χ4n) is 2.83. The van der Waals surface area contributed by atoms with Crippen LogP contribution in [0.25, 0.3) is 16.7 Å². The number of H-pyrrole nitrogens is 1. The van der Waals surface area contributed by atoms with E-state index in [-0.39, 0.29) is 17.1 Å². The molecule has 0 atom stereocenters. The molecule has 130 valence electrons. The minimum absolute atomic E-state index is 0.0273. The minimum atomic E-state index is -0.139. The number of aromatic amines is 1. The van der Waals surface area contributed by atoms with Gasteiger partial charge in [0.1, 0.15) is 0 Å². The van der Waals surface area contributed by atoms with Crippen LogP contribution in [0.5, 0.6) is 0 Å². The van der Waals surface area contributed by atoms with Crippen LogP contribution in [0.4, 0.5) is 0 Å². The number of benzene rings is 1. The van der Waals surface area contributed by atoms with Crippen LogP contribution < -0.4 is 5.56 Å². The second-order valence-corrected chi connectivity index (χ2v) is 6.58. The molecule has 1 N–H and O–H groups in total. The zero-order valence-electron chi connectivity index (χ0n) is 13.8. The highest BCUT2D eigenvalue weighted by Crippen LogP contribution is 2.22. The van der Waals surface area contributed by atoms with Gasteiger partial charge < -0.3 is 4.98 Å². The van der Waals surface area contributed by atoms with Gasteiger partial charge in [0.25, 0.3) is 5.56 Å². The Morgan fingerprint density at radius 2 is 2.08 bits per heavy atom. The van der Waals surface area contributed by atoms with Crippen molar-refractivity contribution in [2.75, 3.05) is 5.75 Å². The van der Waals surface area contributed by atoms with Crippen LogP contribution in [0.15, 0.2) is 65.2 Å². The average Bonchev–Trinajstić information content (AvgIpc) is 3.33. The molecule has 3 heterocycles. The molecule has 7 nitrogen and oxygen atoms in total. The Morgan fingerprint density at radius 1 is 1.23 bits per heavy atom. The van der Waals surface area contributed by atoms with E-state index in [4.69, 9.17) is 0 Å². The smallest absolute Gasteiger partial charge is 0.263 e. The topological polar surface area (TPSA) is 85.0 Å². The van der Waals surface area contributed by atoms with Crippen molar-refractivity contribution in [1.82, 2.24) is 24.1 Å². The molecule has 4 rings (SSSR count). The summed E-state index contributed by atoms with van der Waals surface area (Å²) in [6.07, 6.45) is 3.36. The van der Waals surface area contributed by atoms with E-state index in [0.717, 1.165) is 0 Å². The lowest BCUT2D eigenvalue weighted by atomic mass is 10.2. The van der Waals surface area contributed by atoms with E-state index in [0.29, 0.717) is 34.1 Å². The van der Waals surface area contributed by atoms with Gasteiger partial charge in [0.15, 0.2) is 10.9 Å². The van der Waals surface area contributed by atoms with Crippen molar-refractivity contribution < 1.29 is 4.79 Å². The first-order valence-corrected chi connectivity index (χ1v) is 8.96. The maximum Gasteiger partial charge on any atom is 0.263 e. The molecule has 26 heavy (non-hydrogen) atoms. The normalized spacial score (nSPS) is 11.2. The third-order valence-corrected chi connectivity index (χ3v) is 4.95. The SMILES string of the molecule is C=CCn1c(=O)c2ccccc2n2c(SCC(=O)c3ccc[nH]3)nnc12. The summed E-state index contributed by atoms with van der Waals surface area (Å²) >= 11 is 1.29. The largest absolute Gasteiger partial charge is 0.359 e. The van der Waals surface area contributed by atoms with Crippen molar-refractivity contribution in [2.45, 2.75) is 11.7 Å². The third-order valence-electron chi connectivity index (χ3n) is 4.02. The number of Topliss-reactive ketones (excluding diaryl/α,β-unsaturated/α-hetero) is 1. The molecule has 0 aliphatic carbocycles. The van der Waals surface area contributed by atoms with Crippen LogP contribution in [-0.2, 0) is 6.54 Å². The summed E-state index contributed by atoms with van der Waals surface area (Å²) in [7, 11) is 0. The Kier molecular flexibility index (Phi) is 4.18. The van der Waals surface area contributed by atoms with Gasteiger partial charge in [-0.1, -0.05) is 30.0 Å². The summed E-state index contributed by atoms with van der Waals surface area (Å²) in [6.45, 7) is 4.04. The first-order valence-electron chi connectivity index (χ1n) is 7.97. The number of nitrogens with zero attached hydrogens (tertiary/aromatic N) is 4. The molecule has 0 spiro atoms. The van der Waals surface area contributed by atoms with E-state index in [9.17, 15) is 9.59 Å². The maximum absolute atomic E-state index is 12.7. The second kappa shape index (κ2) is 6.64. The first kappa shape index (κ1) is 16.3. The minimum Gasteiger partial charge on any atom is -0.359 e. The lowest BCUT2D eigenvalue weighted by Crippen LogP contribution is -2.22. The highest BCUT2D eigenvalue weighted by Gasteiger charge is 2.17. The number of hydrogen-bond donors (Lipinski definition) is 1. The Morgan fingerprint density at radius 3 is 2.85 bits per heavy atom. The molecule has 3 aromatic heterocycles. The molecule has 4 aromatic rings. The van der Waals surface area contributed by atoms with Gasteiger partial charge in [-0.2, -0.15) is 0 Å².